The third-order valence-corrected chi connectivity index (χ3v) is 5.95. The maximum absolute atomic E-state index is 5.08. The number of rotatable bonds is 3. The van der Waals surface area contributed by atoms with E-state index in [1.165, 1.54) is 55.0 Å². The van der Waals surface area contributed by atoms with E-state index < -0.39 is 0 Å². The van der Waals surface area contributed by atoms with Crippen LogP contribution in [0.25, 0.3) is 5.65 Å². The normalized spacial score (nSPS) is 21.1. The van der Waals surface area contributed by atoms with Crippen molar-refractivity contribution in [1.29, 1.82) is 0 Å². The first-order valence-electron chi connectivity index (χ1n) is 9.50. The van der Waals surface area contributed by atoms with Crippen LogP contribution < -0.4 is 0 Å². The van der Waals surface area contributed by atoms with Gasteiger partial charge in [0.1, 0.15) is 11.5 Å². The van der Waals surface area contributed by atoms with Gasteiger partial charge in [0.25, 0.3) is 0 Å². The third kappa shape index (κ3) is 2.49. The van der Waals surface area contributed by atoms with Crippen molar-refractivity contribution < 1.29 is 0 Å². The largest absolute Gasteiger partial charge is 0.334 e. The fourth-order valence-corrected chi connectivity index (χ4v) is 4.66. The van der Waals surface area contributed by atoms with Crippen molar-refractivity contribution in [2.24, 2.45) is 7.05 Å². The Morgan fingerprint density at radius 3 is 3.00 bits per heavy atom. The van der Waals surface area contributed by atoms with Crippen LogP contribution in [0.5, 0.6) is 0 Å². The summed E-state index contributed by atoms with van der Waals surface area (Å²) in [5, 5.41) is 0. The SMILES string of the molecule is Cn1c([C@@H]2CCCN2Cc2cccc3nccn23)nc2c1CCCC2. The summed E-state index contributed by atoms with van der Waals surface area (Å²) in [6.45, 7) is 2.10. The number of aryl methyl sites for hydroxylation is 1. The van der Waals surface area contributed by atoms with Crippen LogP contribution in [0.3, 0.4) is 0 Å². The van der Waals surface area contributed by atoms with Gasteiger partial charge in [-0.05, 0) is 57.2 Å². The fraction of sp³-hybridized carbons (Fsp3) is 0.500. The molecule has 0 radical (unpaired) electrons. The molecule has 0 unspecified atom stereocenters. The Balaban J connectivity index is 1.46. The second-order valence-electron chi connectivity index (χ2n) is 7.43. The van der Waals surface area contributed by atoms with E-state index in [4.69, 9.17) is 4.98 Å². The van der Waals surface area contributed by atoms with Gasteiger partial charge < -0.3 is 8.97 Å². The number of aromatic nitrogens is 4. The Hall–Kier alpha value is -2.14. The Morgan fingerprint density at radius 1 is 1.16 bits per heavy atom. The number of fused-ring (bicyclic) bond motifs is 2. The first-order chi connectivity index (χ1) is 12.3. The van der Waals surface area contributed by atoms with E-state index in [0.717, 1.165) is 25.2 Å². The van der Waals surface area contributed by atoms with Crippen LogP contribution in [0.2, 0.25) is 0 Å². The first-order valence-corrected chi connectivity index (χ1v) is 9.50. The highest BCUT2D eigenvalue weighted by Crippen LogP contribution is 2.34. The van der Waals surface area contributed by atoms with E-state index in [2.05, 4.69) is 50.3 Å². The van der Waals surface area contributed by atoms with Crippen molar-refractivity contribution in [2.75, 3.05) is 6.54 Å². The molecule has 130 valence electrons. The molecular weight excluding hydrogens is 310 g/mol. The molecule has 1 fully saturated rings. The Morgan fingerprint density at radius 2 is 2.08 bits per heavy atom. The number of hydrogen-bond donors (Lipinski definition) is 0. The molecule has 1 aliphatic heterocycles. The highest BCUT2D eigenvalue weighted by molar-refractivity contribution is 5.39. The van der Waals surface area contributed by atoms with Crippen LogP contribution in [0, 0.1) is 0 Å². The summed E-state index contributed by atoms with van der Waals surface area (Å²) in [5.41, 5.74) is 5.17. The van der Waals surface area contributed by atoms with E-state index in [9.17, 15) is 0 Å². The van der Waals surface area contributed by atoms with Crippen LogP contribution in [0.1, 0.15) is 54.6 Å². The molecule has 5 heteroatoms. The van der Waals surface area contributed by atoms with Crippen LogP contribution in [-0.4, -0.2) is 30.4 Å². The fourth-order valence-electron chi connectivity index (χ4n) is 4.66. The predicted molar refractivity (Wildman–Crippen MR) is 97.4 cm³/mol. The molecule has 4 heterocycles. The molecule has 5 rings (SSSR count). The molecule has 0 aromatic carbocycles. The van der Waals surface area contributed by atoms with Gasteiger partial charge in [-0.2, -0.15) is 0 Å². The zero-order valence-electron chi connectivity index (χ0n) is 14.9. The molecule has 5 nitrogen and oxygen atoms in total. The summed E-state index contributed by atoms with van der Waals surface area (Å²) in [6, 6.07) is 6.84. The summed E-state index contributed by atoms with van der Waals surface area (Å²) in [5.74, 6) is 1.28. The van der Waals surface area contributed by atoms with Gasteiger partial charge in [-0.25, -0.2) is 9.97 Å². The Kier molecular flexibility index (Phi) is 3.63. The molecule has 25 heavy (non-hydrogen) atoms. The molecule has 1 aliphatic carbocycles. The van der Waals surface area contributed by atoms with Gasteiger partial charge in [-0.15, -0.1) is 0 Å². The number of nitrogens with zero attached hydrogens (tertiary/aromatic N) is 5. The van der Waals surface area contributed by atoms with Gasteiger partial charge in [-0.3, -0.25) is 4.90 Å². The van der Waals surface area contributed by atoms with Crippen LogP contribution in [0.15, 0.2) is 30.6 Å². The van der Waals surface area contributed by atoms with E-state index in [1.807, 2.05) is 6.20 Å². The van der Waals surface area contributed by atoms with E-state index in [0.29, 0.717) is 6.04 Å². The molecule has 0 spiro atoms. The van der Waals surface area contributed by atoms with Gasteiger partial charge in [-0.1, -0.05) is 6.07 Å². The summed E-state index contributed by atoms with van der Waals surface area (Å²) in [4.78, 5) is 12.1. The standard InChI is InChI=1S/C20H25N5/c1-23-17-8-3-2-7-16(17)22-20(23)18-9-5-12-24(18)14-15-6-4-10-19-21-11-13-25(15)19/h4,6,10-11,13,18H,2-3,5,7-9,12,14H2,1H3/t18-/m0/s1. The molecule has 0 bridgehead atoms. The molecule has 3 aromatic rings. The lowest BCUT2D eigenvalue weighted by Crippen LogP contribution is -2.26. The summed E-state index contributed by atoms with van der Waals surface area (Å²) < 4.78 is 4.61. The lowest BCUT2D eigenvalue weighted by Gasteiger charge is -2.24. The molecule has 0 N–H and O–H groups in total. The number of likely N-dealkylation sites (tertiary alicyclic amines) is 1. The molecule has 0 amide bonds. The zero-order valence-corrected chi connectivity index (χ0v) is 14.9. The Labute approximate surface area is 148 Å². The van der Waals surface area contributed by atoms with Crippen molar-refractivity contribution >= 4 is 5.65 Å². The van der Waals surface area contributed by atoms with Crippen molar-refractivity contribution in [3.8, 4) is 0 Å². The van der Waals surface area contributed by atoms with E-state index >= 15 is 0 Å². The second-order valence-corrected chi connectivity index (χ2v) is 7.43. The maximum atomic E-state index is 5.08. The van der Waals surface area contributed by atoms with E-state index in [1.54, 1.807) is 0 Å². The highest BCUT2D eigenvalue weighted by atomic mass is 15.2. The summed E-state index contributed by atoms with van der Waals surface area (Å²) in [7, 11) is 2.22. The van der Waals surface area contributed by atoms with Crippen LogP contribution in [0.4, 0.5) is 0 Å². The van der Waals surface area contributed by atoms with Gasteiger partial charge >= 0.3 is 0 Å². The van der Waals surface area contributed by atoms with Gasteiger partial charge in [0.05, 0.1) is 11.7 Å². The summed E-state index contributed by atoms with van der Waals surface area (Å²) >= 11 is 0. The minimum atomic E-state index is 0.439. The molecule has 2 aliphatic rings. The smallest absolute Gasteiger partial charge is 0.136 e. The van der Waals surface area contributed by atoms with Gasteiger partial charge in [0.15, 0.2) is 0 Å². The third-order valence-electron chi connectivity index (χ3n) is 5.95. The Bertz CT molecular complexity index is 906. The minimum Gasteiger partial charge on any atom is -0.334 e. The van der Waals surface area contributed by atoms with Crippen LogP contribution in [-0.2, 0) is 26.4 Å². The molecular formula is C20H25N5. The monoisotopic (exact) mass is 335 g/mol. The first kappa shape index (κ1) is 15.1. The van der Waals surface area contributed by atoms with Crippen LogP contribution >= 0.6 is 0 Å². The van der Waals surface area contributed by atoms with Crippen molar-refractivity contribution in [3.63, 3.8) is 0 Å². The highest BCUT2D eigenvalue weighted by Gasteiger charge is 2.31. The summed E-state index contributed by atoms with van der Waals surface area (Å²) in [6.07, 6.45) is 11.4. The quantitative estimate of drug-likeness (QED) is 0.737. The average Bonchev–Trinajstić information content (AvgIpc) is 3.34. The minimum absolute atomic E-state index is 0.439. The van der Waals surface area contributed by atoms with Gasteiger partial charge in [0.2, 0.25) is 0 Å². The second kappa shape index (κ2) is 5.99. The lowest BCUT2D eigenvalue weighted by atomic mass is 10.0. The molecule has 1 atom stereocenters. The lowest BCUT2D eigenvalue weighted by molar-refractivity contribution is 0.232. The topological polar surface area (TPSA) is 38.4 Å². The van der Waals surface area contributed by atoms with Gasteiger partial charge in [0, 0.05) is 37.4 Å². The maximum Gasteiger partial charge on any atom is 0.136 e. The van der Waals surface area contributed by atoms with Crippen molar-refractivity contribution in [1.82, 2.24) is 23.8 Å². The average molecular weight is 335 g/mol. The molecule has 0 saturated carbocycles. The van der Waals surface area contributed by atoms with E-state index in [-0.39, 0.29) is 0 Å². The predicted octanol–water partition coefficient (Wildman–Crippen LogP) is 3.28. The number of imidazole rings is 2. The van der Waals surface area contributed by atoms with Crippen molar-refractivity contribution in [2.45, 2.75) is 51.1 Å². The van der Waals surface area contributed by atoms with Crippen molar-refractivity contribution in [3.05, 3.63) is 53.5 Å². The molecule has 1 saturated heterocycles. The number of hydrogen-bond acceptors (Lipinski definition) is 3. The molecule has 3 aromatic heterocycles. The zero-order chi connectivity index (χ0) is 16.8. The number of pyridine rings is 1.